The van der Waals surface area contributed by atoms with Gasteiger partial charge in [0, 0.05) is 19.1 Å². The Hall–Kier alpha value is -0.860. The Morgan fingerprint density at radius 2 is 2.15 bits per heavy atom. The van der Waals surface area contributed by atoms with Crippen LogP contribution in [0, 0.1) is 0 Å². The first-order valence-electron chi connectivity index (χ1n) is 4.75. The lowest BCUT2D eigenvalue weighted by Gasteiger charge is -2.31. The fourth-order valence-corrected chi connectivity index (χ4v) is 2.03. The van der Waals surface area contributed by atoms with Crippen molar-refractivity contribution in [2.75, 3.05) is 20.6 Å². The lowest BCUT2D eigenvalue weighted by molar-refractivity contribution is 0.266. The van der Waals surface area contributed by atoms with E-state index in [2.05, 4.69) is 41.5 Å². The van der Waals surface area contributed by atoms with Crippen LogP contribution >= 0.6 is 0 Å². The predicted octanol–water partition coefficient (Wildman–Crippen LogP) is 1.39. The highest BCUT2D eigenvalue weighted by molar-refractivity contribution is 5.32. The van der Waals surface area contributed by atoms with Crippen LogP contribution in [0.15, 0.2) is 24.3 Å². The molecule has 13 heavy (non-hydrogen) atoms. The van der Waals surface area contributed by atoms with Crippen LogP contribution in [0.3, 0.4) is 0 Å². The molecule has 2 rings (SSSR count). The van der Waals surface area contributed by atoms with Crippen molar-refractivity contribution >= 4 is 0 Å². The van der Waals surface area contributed by atoms with Crippen LogP contribution in [0.1, 0.15) is 17.2 Å². The Bertz CT molecular complexity index is 296. The molecule has 0 aliphatic carbocycles. The summed E-state index contributed by atoms with van der Waals surface area (Å²) in [5, 5.41) is 3.35. The van der Waals surface area contributed by atoms with E-state index in [0.717, 1.165) is 13.1 Å². The number of rotatable bonds is 1. The first-order valence-corrected chi connectivity index (χ1v) is 4.75. The Morgan fingerprint density at radius 3 is 2.92 bits per heavy atom. The van der Waals surface area contributed by atoms with Crippen LogP contribution in [0.5, 0.6) is 0 Å². The SMILES string of the molecule is CNC1CN(C)Cc2ccccc21. The minimum absolute atomic E-state index is 0.495. The summed E-state index contributed by atoms with van der Waals surface area (Å²) in [5.41, 5.74) is 2.92. The molecule has 1 aliphatic heterocycles. The van der Waals surface area contributed by atoms with Gasteiger partial charge in [-0.3, -0.25) is 0 Å². The molecule has 0 fully saturated rings. The third-order valence-corrected chi connectivity index (χ3v) is 2.71. The van der Waals surface area contributed by atoms with Gasteiger partial charge in [0.25, 0.3) is 0 Å². The van der Waals surface area contributed by atoms with E-state index in [1.165, 1.54) is 11.1 Å². The largest absolute Gasteiger partial charge is 0.312 e. The predicted molar refractivity (Wildman–Crippen MR) is 54.6 cm³/mol. The summed E-state index contributed by atoms with van der Waals surface area (Å²) in [6.45, 7) is 2.18. The molecule has 0 spiro atoms. The third-order valence-electron chi connectivity index (χ3n) is 2.71. The van der Waals surface area contributed by atoms with Gasteiger partial charge in [-0.15, -0.1) is 0 Å². The Kier molecular flexibility index (Phi) is 2.34. The molecule has 1 aromatic rings. The lowest BCUT2D eigenvalue weighted by Crippen LogP contribution is -2.36. The van der Waals surface area contributed by atoms with Gasteiger partial charge < -0.3 is 10.2 Å². The van der Waals surface area contributed by atoms with Crippen LogP contribution in [-0.4, -0.2) is 25.5 Å². The van der Waals surface area contributed by atoms with Crippen molar-refractivity contribution < 1.29 is 0 Å². The maximum atomic E-state index is 3.35. The summed E-state index contributed by atoms with van der Waals surface area (Å²) in [6.07, 6.45) is 0. The molecule has 0 bridgehead atoms. The van der Waals surface area contributed by atoms with Crippen LogP contribution in [0.25, 0.3) is 0 Å². The van der Waals surface area contributed by atoms with Crippen molar-refractivity contribution in [2.45, 2.75) is 12.6 Å². The van der Waals surface area contributed by atoms with E-state index in [4.69, 9.17) is 0 Å². The van der Waals surface area contributed by atoms with E-state index in [9.17, 15) is 0 Å². The highest BCUT2D eigenvalue weighted by atomic mass is 15.1. The number of fused-ring (bicyclic) bond motifs is 1. The van der Waals surface area contributed by atoms with Crippen molar-refractivity contribution in [1.82, 2.24) is 10.2 Å². The molecule has 0 aromatic heterocycles. The molecular weight excluding hydrogens is 160 g/mol. The molecule has 70 valence electrons. The quantitative estimate of drug-likeness (QED) is 0.695. The lowest BCUT2D eigenvalue weighted by atomic mass is 9.96. The van der Waals surface area contributed by atoms with Crippen LogP contribution in [0.4, 0.5) is 0 Å². The van der Waals surface area contributed by atoms with Gasteiger partial charge in [-0.25, -0.2) is 0 Å². The van der Waals surface area contributed by atoms with Crippen LogP contribution in [0.2, 0.25) is 0 Å². The molecule has 0 saturated carbocycles. The van der Waals surface area contributed by atoms with Gasteiger partial charge in [0.2, 0.25) is 0 Å². The maximum Gasteiger partial charge on any atom is 0.0450 e. The first-order chi connectivity index (χ1) is 6.31. The normalized spacial score (nSPS) is 22.8. The summed E-state index contributed by atoms with van der Waals surface area (Å²) < 4.78 is 0. The van der Waals surface area contributed by atoms with Gasteiger partial charge in [0.1, 0.15) is 0 Å². The molecular formula is C11H16N2. The van der Waals surface area contributed by atoms with Gasteiger partial charge >= 0.3 is 0 Å². The molecule has 0 radical (unpaired) electrons. The van der Waals surface area contributed by atoms with Crippen molar-refractivity contribution in [3.8, 4) is 0 Å². The number of hydrogen-bond acceptors (Lipinski definition) is 2. The Balaban J connectivity index is 2.37. The van der Waals surface area contributed by atoms with E-state index in [-0.39, 0.29) is 0 Å². The van der Waals surface area contributed by atoms with E-state index >= 15 is 0 Å². The molecule has 1 N–H and O–H groups in total. The highest BCUT2D eigenvalue weighted by Gasteiger charge is 2.20. The maximum absolute atomic E-state index is 3.35. The molecule has 2 heteroatoms. The number of nitrogens with zero attached hydrogens (tertiary/aromatic N) is 1. The van der Waals surface area contributed by atoms with Gasteiger partial charge in [-0.05, 0) is 25.2 Å². The topological polar surface area (TPSA) is 15.3 Å². The Labute approximate surface area is 79.6 Å². The minimum atomic E-state index is 0.495. The number of benzene rings is 1. The second-order valence-electron chi connectivity index (χ2n) is 3.74. The van der Waals surface area contributed by atoms with Gasteiger partial charge in [0.05, 0.1) is 0 Å². The minimum Gasteiger partial charge on any atom is -0.312 e. The van der Waals surface area contributed by atoms with Gasteiger partial charge in [-0.2, -0.15) is 0 Å². The third kappa shape index (κ3) is 1.60. The molecule has 1 atom stereocenters. The molecule has 0 amide bonds. The fraction of sp³-hybridized carbons (Fsp3) is 0.455. The molecule has 1 aromatic carbocycles. The van der Waals surface area contributed by atoms with Gasteiger partial charge in [0.15, 0.2) is 0 Å². The molecule has 1 unspecified atom stereocenters. The smallest absolute Gasteiger partial charge is 0.0450 e. The van der Waals surface area contributed by atoms with E-state index in [1.54, 1.807) is 0 Å². The zero-order valence-corrected chi connectivity index (χ0v) is 8.25. The summed E-state index contributed by atoms with van der Waals surface area (Å²) in [6, 6.07) is 9.17. The zero-order chi connectivity index (χ0) is 9.26. The molecule has 0 saturated heterocycles. The average molecular weight is 176 g/mol. The molecule has 2 nitrogen and oxygen atoms in total. The monoisotopic (exact) mass is 176 g/mol. The second-order valence-corrected chi connectivity index (χ2v) is 3.74. The number of likely N-dealkylation sites (N-methyl/N-ethyl adjacent to an activating group) is 2. The first kappa shape index (κ1) is 8.73. The molecule has 1 heterocycles. The number of nitrogens with one attached hydrogen (secondary N) is 1. The van der Waals surface area contributed by atoms with Crippen molar-refractivity contribution in [1.29, 1.82) is 0 Å². The second kappa shape index (κ2) is 3.48. The summed E-state index contributed by atoms with van der Waals surface area (Å²) in [4.78, 5) is 2.35. The van der Waals surface area contributed by atoms with Crippen molar-refractivity contribution in [2.24, 2.45) is 0 Å². The fourth-order valence-electron chi connectivity index (χ4n) is 2.03. The Morgan fingerprint density at radius 1 is 1.38 bits per heavy atom. The van der Waals surface area contributed by atoms with Crippen molar-refractivity contribution in [3.63, 3.8) is 0 Å². The highest BCUT2D eigenvalue weighted by Crippen LogP contribution is 2.24. The zero-order valence-electron chi connectivity index (χ0n) is 8.25. The number of hydrogen-bond donors (Lipinski definition) is 1. The van der Waals surface area contributed by atoms with Crippen LogP contribution < -0.4 is 5.32 Å². The van der Waals surface area contributed by atoms with E-state index < -0.39 is 0 Å². The summed E-state index contributed by atoms with van der Waals surface area (Å²) in [5.74, 6) is 0. The van der Waals surface area contributed by atoms with Crippen LogP contribution in [-0.2, 0) is 6.54 Å². The van der Waals surface area contributed by atoms with E-state index in [0.29, 0.717) is 6.04 Å². The standard InChI is InChI=1S/C11H16N2/c1-12-11-8-13(2)7-9-5-3-4-6-10(9)11/h3-6,11-12H,7-8H2,1-2H3. The average Bonchev–Trinajstić information content (AvgIpc) is 2.16. The summed E-state index contributed by atoms with van der Waals surface area (Å²) in [7, 11) is 4.20. The van der Waals surface area contributed by atoms with E-state index in [1.807, 2.05) is 7.05 Å². The molecule has 1 aliphatic rings. The van der Waals surface area contributed by atoms with Gasteiger partial charge in [-0.1, -0.05) is 24.3 Å². The summed E-state index contributed by atoms with van der Waals surface area (Å²) >= 11 is 0. The van der Waals surface area contributed by atoms with Crippen molar-refractivity contribution in [3.05, 3.63) is 35.4 Å².